The molecule has 1 unspecified atom stereocenters. The Morgan fingerprint density at radius 1 is 1.32 bits per heavy atom. The first-order valence-corrected chi connectivity index (χ1v) is 7.62. The van der Waals surface area contributed by atoms with Gasteiger partial charge in [-0.3, -0.25) is 0 Å². The Morgan fingerprint density at radius 2 is 2.11 bits per heavy atom. The average molecular weight is 259 g/mol. The summed E-state index contributed by atoms with van der Waals surface area (Å²) in [7, 11) is 0. The van der Waals surface area contributed by atoms with Crippen molar-refractivity contribution in [2.75, 3.05) is 11.4 Å². The highest BCUT2D eigenvalue weighted by molar-refractivity contribution is 5.53. The lowest BCUT2D eigenvalue weighted by molar-refractivity contribution is 0.670. The zero-order chi connectivity index (χ0) is 13.4. The highest BCUT2D eigenvalue weighted by atomic mass is 15.2. The highest BCUT2D eigenvalue weighted by Crippen LogP contribution is 2.30. The summed E-state index contributed by atoms with van der Waals surface area (Å²) in [5.41, 5.74) is 3.93. The Labute approximate surface area is 116 Å². The van der Waals surface area contributed by atoms with Crippen LogP contribution in [0, 0.1) is 13.8 Å². The Bertz CT molecular complexity index is 465. The van der Waals surface area contributed by atoms with Crippen LogP contribution in [-0.4, -0.2) is 23.6 Å². The van der Waals surface area contributed by atoms with E-state index in [1.165, 1.54) is 42.6 Å². The summed E-state index contributed by atoms with van der Waals surface area (Å²) in [5, 5.41) is 3.65. The van der Waals surface area contributed by atoms with Crippen molar-refractivity contribution in [1.82, 2.24) is 10.3 Å². The molecule has 2 fully saturated rings. The molecule has 0 spiro atoms. The molecule has 19 heavy (non-hydrogen) atoms. The fourth-order valence-corrected chi connectivity index (χ4v) is 3.08. The van der Waals surface area contributed by atoms with Gasteiger partial charge in [0, 0.05) is 36.4 Å². The predicted molar refractivity (Wildman–Crippen MR) is 79.6 cm³/mol. The largest absolute Gasteiger partial charge is 0.354 e. The van der Waals surface area contributed by atoms with E-state index in [-0.39, 0.29) is 0 Å². The van der Waals surface area contributed by atoms with Gasteiger partial charge in [0.15, 0.2) is 0 Å². The van der Waals surface area contributed by atoms with Crippen LogP contribution in [0.5, 0.6) is 0 Å². The molecule has 1 saturated heterocycles. The lowest BCUT2D eigenvalue weighted by Gasteiger charge is -2.27. The van der Waals surface area contributed by atoms with E-state index in [9.17, 15) is 0 Å². The van der Waals surface area contributed by atoms with Crippen LogP contribution in [0.4, 0.5) is 5.82 Å². The molecule has 3 heteroatoms. The minimum Gasteiger partial charge on any atom is -0.354 e. The minimum absolute atomic E-state index is 0.633. The molecule has 1 aliphatic heterocycles. The number of aryl methyl sites for hydroxylation is 2. The van der Waals surface area contributed by atoms with E-state index < -0.39 is 0 Å². The van der Waals surface area contributed by atoms with Gasteiger partial charge in [-0.25, -0.2) is 4.98 Å². The number of hydrogen-bond donors (Lipinski definition) is 1. The number of aromatic nitrogens is 1. The third-order valence-electron chi connectivity index (χ3n) is 4.42. The molecule has 1 atom stereocenters. The molecule has 2 heterocycles. The van der Waals surface area contributed by atoms with E-state index in [4.69, 9.17) is 4.98 Å². The van der Waals surface area contributed by atoms with Crippen LogP contribution in [0.2, 0.25) is 0 Å². The van der Waals surface area contributed by atoms with Crippen LogP contribution in [0.3, 0.4) is 0 Å². The molecule has 1 aromatic rings. The summed E-state index contributed by atoms with van der Waals surface area (Å²) in [6, 6.07) is 3.60. The van der Waals surface area contributed by atoms with Crippen LogP contribution in [0.1, 0.15) is 49.4 Å². The van der Waals surface area contributed by atoms with Gasteiger partial charge in [0.1, 0.15) is 5.82 Å². The molecule has 3 nitrogen and oxygen atoms in total. The van der Waals surface area contributed by atoms with E-state index in [1.807, 2.05) is 0 Å². The van der Waals surface area contributed by atoms with Gasteiger partial charge < -0.3 is 10.2 Å². The van der Waals surface area contributed by atoms with Gasteiger partial charge in [0.05, 0.1) is 0 Å². The average Bonchev–Trinajstić information content (AvgIpc) is 3.08. The summed E-state index contributed by atoms with van der Waals surface area (Å²) >= 11 is 0. The fourth-order valence-electron chi connectivity index (χ4n) is 3.08. The van der Waals surface area contributed by atoms with Crippen LogP contribution in [-0.2, 0) is 6.54 Å². The molecule has 0 amide bonds. The number of rotatable bonds is 4. The van der Waals surface area contributed by atoms with E-state index in [0.29, 0.717) is 6.04 Å². The summed E-state index contributed by atoms with van der Waals surface area (Å²) in [6.45, 7) is 8.79. The molecular formula is C16H25N3. The van der Waals surface area contributed by atoms with Gasteiger partial charge in [-0.1, -0.05) is 0 Å². The van der Waals surface area contributed by atoms with Gasteiger partial charge in [-0.05, 0) is 58.1 Å². The van der Waals surface area contributed by atoms with E-state index >= 15 is 0 Å². The Morgan fingerprint density at radius 3 is 2.74 bits per heavy atom. The SMILES string of the molecule is Cc1cc(C)c(CNC2CC2)c(N2CCCC2C)n1. The van der Waals surface area contributed by atoms with Gasteiger partial charge >= 0.3 is 0 Å². The molecular weight excluding hydrogens is 234 g/mol. The number of nitrogens with zero attached hydrogens (tertiary/aromatic N) is 2. The summed E-state index contributed by atoms with van der Waals surface area (Å²) in [4.78, 5) is 7.35. The first kappa shape index (κ1) is 12.9. The predicted octanol–water partition coefficient (Wildman–Crippen LogP) is 2.94. The van der Waals surface area contributed by atoms with Crippen molar-refractivity contribution in [2.24, 2.45) is 0 Å². The van der Waals surface area contributed by atoms with Crippen LogP contribution in [0.25, 0.3) is 0 Å². The zero-order valence-electron chi connectivity index (χ0n) is 12.4. The molecule has 0 bridgehead atoms. The van der Waals surface area contributed by atoms with Gasteiger partial charge in [-0.15, -0.1) is 0 Å². The molecule has 1 aliphatic carbocycles. The van der Waals surface area contributed by atoms with Crippen molar-refractivity contribution in [3.8, 4) is 0 Å². The monoisotopic (exact) mass is 259 g/mol. The Hall–Kier alpha value is -1.09. The van der Waals surface area contributed by atoms with E-state index in [0.717, 1.165) is 24.8 Å². The Balaban J connectivity index is 1.89. The lowest BCUT2D eigenvalue weighted by atomic mass is 10.1. The second-order valence-corrected chi connectivity index (χ2v) is 6.22. The molecule has 3 rings (SSSR count). The molecule has 1 aromatic heterocycles. The van der Waals surface area contributed by atoms with E-state index in [2.05, 4.69) is 37.1 Å². The standard InChI is InChI=1S/C16H25N3/c1-11-9-12(2)18-16(19-8-4-5-13(19)3)15(11)10-17-14-6-7-14/h9,13-14,17H,4-8,10H2,1-3H3. The number of pyridine rings is 1. The minimum atomic E-state index is 0.633. The third-order valence-corrected chi connectivity index (χ3v) is 4.42. The molecule has 0 aromatic carbocycles. The maximum atomic E-state index is 4.85. The van der Waals surface area contributed by atoms with Crippen molar-refractivity contribution >= 4 is 5.82 Å². The van der Waals surface area contributed by atoms with Crippen LogP contribution < -0.4 is 10.2 Å². The smallest absolute Gasteiger partial charge is 0.133 e. The molecule has 104 valence electrons. The van der Waals surface area contributed by atoms with Crippen molar-refractivity contribution in [1.29, 1.82) is 0 Å². The Kier molecular flexibility index (Phi) is 3.48. The maximum Gasteiger partial charge on any atom is 0.133 e. The van der Waals surface area contributed by atoms with Crippen LogP contribution >= 0.6 is 0 Å². The van der Waals surface area contributed by atoms with Gasteiger partial charge in [0.2, 0.25) is 0 Å². The molecule has 0 radical (unpaired) electrons. The molecule has 2 aliphatic rings. The highest BCUT2D eigenvalue weighted by Gasteiger charge is 2.26. The normalized spacial score (nSPS) is 23.1. The summed E-state index contributed by atoms with van der Waals surface area (Å²) in [6.07, 6.45) is 5.27. The van der Waals surface area contributed by atoms with Crippen molar-refractivity contribution < 1.29 is 0 Å². The van der Waals surface area contributed by atoms with Crippen molar-refractivity contribution in [2.45, 2.75) is 65.1 Å². The second-order valence-electron chi connectivity index (χ2n) is 6.22. The number of hydrogen-bond acceptors (Lipinski definition) is 3. The zero-order valence-corrected chi connectivity index (χ0v) is 12.4. The van der Waals surface area contributed by atoms with E-state index in [1.54, 1.807) is 0 Å². The fraction of sp³-hybridized carbons (Fsp3) is 0.688. The second kappa shape index (κ2) is 5.12. The van der Waals surface area contributed by atoms with Crippen molar-refractivity contribution in [3.05, 3.63) is 22.9 Å². The molecule has 1 saturated carbocycles. The number of anilines is 1. The topological polar surface area (TPSA) is 28.2 Å². The van der Waals surface area contributed by atoms with Crippen molar-refractivity contribution in [3.63, 3.8) is 0 Å². The third kappa shape index (κ3) is 2.76. The van der Waals surface area contributed by atoms with Crippen LogP contribution in [0.15, 0.2) is 6.07 Å². The first-order valence-electron chi connectivity index (χ1n) is 7.62. The summed E-state index contributed by atoms with van der Waals surface area (Å²) in [5.74, 6) is 1.23. The summed E-state index contributed by atoms with van der Waals surface area (Å²) < 4.78 is 0. The molecule has 1 N–H and O–H groups in total. The quantitative estimate of drug-likeness (QED) is 0.901. The van der Waals surface area contributed by atoms with Gasteiger partial charge in [-0.2, -0.15) is 0 Å². The van der Waals surface area contributed by atoms with Gasteiger partial charge in [0.25, 0.3) is 0 Å². The lowest BCUT2D eigenvalue weighted by Crippen LogP contribution is -2.30. The first-order chi connectivity index (χ1) is 9.15. The maximum absolute atomic E-state index is 4.85. The number of nitrogens with one attached hydrogen (secondary N) is 1.